The summed E-state index contributed by atoms with van der Waals surface area (Å²) in [4.78, 5) is 12.2. The van der Waals surface area contributed by atoms with Gasteiger partial charge in [0, 0.05) is 17.1 Å². The third-order valence-electron chi connectivity index (χ3n) is 2.03. The summed E-state index contributed by atoms with van der Waals surface area (Å²) in [5, 5.41) is 2.74. The first kappa shape index (κ1) is 13.7. The quantitative estimate of drug-likeness (QED) is 0.601. The van der Waals surface area contributed by atoms with Crippen molar-refractivity contribution in [2.24, 2.45) is 0 Å². The Hall–Kier alpha value is -1.36. The van der Waals surface area contributed by atoms with Crippen molar-refractivity contribution < 1.29 is 9.53 Å². The second-order valence-electron chi connectivity index (χ2n) is 3.37. The maximum absolute atomic E-state index is 11.3. The summed E-state index contributed by atoms with van der Waals surface area (Å²) in [7, 11) is 0. The summed E-state index contributed by atoms with van der Waals surface area (Å²) in [6.45, 7) is 5.09. The van der Waals surface area contributed by atoms with Crippen LogP contribution in [0.15, 0.2) is 23.1 Å². The molecule has 5 heteroatoms. The molecule has 0 bridgehead atoms. The van der Waals surface area contributed by atoms with Crippen LogP contribution in [-0.2, 0) is 4.79 Å². The van der Waals surface area contributed by atoms with Crippen molar-refractivity contribution >= 4 is 23.4 Å². The van der Waals surface area contributed by atoms with Crippen LogP contribution < -0.4 is 15.8 Å². The molecule has 1 rings (SSSR count). The van der Waals surface area contributed by atoms with Gasteiger partial charge in [-0.1, -0.05) is 0 Å². The van der Waals surface area contributed by atoms with Crippen LogP contribution in [0.5, 0.6) is 5.75 Å². The summed E-state index contributed by atoms with van der Waals surface area (Å²) >= 11 is 1.42. The van der Waals surface area contributed by atoms with Crippen molar-refractivity contribution in [2.45, 2.75) is 18.7 Å². The maximum atomic E-state index is 11.3. The number of anilines is 1. The van der Waals surface area contributed by atoms with Crippen LogP contribution >= 0.6 is 11.8 Å². The van der Waals surface area contributed by atoms with Crippen LogP contribution in [0.3, 0.4) is 0 Å². The van der Waals surface area contributed by atoms with Crippen LogP contribution in [-0.4, -0.2) is 24.8 Å². The Bertz CT molecular complexity index is 383. The minimum Gasteiger partial charge on any atom is -0.494 e. The van der Waals surface area contributed by atoms with Crippen LogP contribution in [0, 0.1) is 0 Å². The molecule has 0 spiro atoms. The highest BCUT2D eigenvalue weighted by molar-refractivity contribution is 8.00. The molecule has 0 unspecified atom stereocenters. The Balaban J connectivity index is 2.62. The van der Waals surface area contributed by atoms with E-state index in [0.717, 1.165) is 10.6 Å². The SMILES string of the molecule is CCNC(=O)CSc1cc(OCC)ccc1N. The molecule has 1 amide bonds. The van der Waals surface area contributed by atoms with E-state index < -0.39 is 0 Å². The fraction of sp³-hybridized carbons (Fsp3) is 0.417. The lowest BCUT2D eigenvalue weighted by Gasteiger charge is -2.08. The highest BCUT2D eigenvalue weighted by Gasteiger charge is 2.06. The Morgan fingerprint density at radius 1 is 1.47 bits per heavy atom. The summed E-state index contributed by atoms with van der Waals surface area (Å²) in [6.07, 6.45) is 0. The largest absolute Gasteiger partial charge is 0.494 e. The van der Waals surface area contributed by atoms with Gasteiger partial charge in [0.05, 0.1) is 12.4 Å². The van der Waals surface area contributed by atoms with Crippen molar-refractivity contribution in [3.8, 4) is 5.75 Å². The molecular formula is C12H18N2O2S. The van der Waals surface area contributed by atoms with E-state index in [2.05, 4.69) is 5.32 Å². The number of amides is 1. The van der Waals surface area contributed by atoms with Gasteiger partial charge < -0.3 is 15.8 Å². The molecule has 0 radical (unpaired) electrons. The average Bonchev–Trinajstić information content (AvgIpc) is 2.30. The highest BCUT2D eigenvalue weighted by Crippen LogP contribution is 2.29. The third-order valence-corrected chi connectivity index (χ3v) is 3.10. The van der Waals surface area contributed by atoms with Crippen LogP contribution in [0.2, 0.25) is 0 Å². The summed E-state index contributed by atoms with van der Waals surface area (Å²) in [6, 6.07) is 5.49. The van der Waals surface area contributed by atoms with Crippen molar-refractivity contribution in [3.05, 3.63) is 18.2 Å². The molecule has 3 N–H and O–H groups in total. The van der Waals surface area contributed by atoms with Crippen molar-refractivity contribution in [3.63, 3.8) is 0 Å². The second-order valence-corrected chi connectivity index (χ2v) is 4.39. The van der Waals surface area contributed by atoms with Crippen molar-refractivity contribution in [1.29, 1.82) is 0 Å². The molecule has 17 heavy (non-hydrogen) atoms. The van der Waals surface area contributed by atoms with E-state index in [4.69, 9.17) is 10.5 Å². The predicted octanol–water partition coefficient (Wildman–Crippen LogP) is 1.90. The molecule has 0 saturated carbocycles. The van der Waals surface area contributed by atoms with Gasteiger partial charge in [0.25, 0.3) is 0 Å². The van der Waals surface area contributed by atoms with Gasteiger partial charge in [-0.15, -0.1) is 11.8 Å². The second kappa shape index (κ2) is 7.06. The van der Waals surface area contributed by atoms with E-state index in [1.165, 1.54) is 11.8 Å². The maximum Gasteiger partial charge on any atom is 0.230 e. The van der Waals surface area contributed by atoms with Gasteiger partial charge in [0.1, 0.15) is 5.75 Å². The number of nitrogens with one attached hydrogen (secondary N) is 1. The number of rotatable bonds is 6. The number of thioether (sulfide) groups is 1. The van der Waals surface area contributed by atoms with Crippen molar-refractivity contribution in [1.82, 2.24) is 5.32 Å². The molecular weight excluding hydrogens is 236 g/mol. The fourth-order valence-corrected chi connectivity index (χ4v) is 2.11. The number of benzene rings is 1. The predicted molar refractivity (Wildman–Crippen MR) is 71.4 cm³/mol. The lowest BCUT2D eigenvalue weighted by molar-refractivity contribution is -0.118. The molecule has 4 nitrogen and oxygen atoms in total. The summed E-state index contributed by atoms with van der Waals surface area (Å²) in [5.74, 6) is 1.16. The summed E-state index contributed by atoms with van der Waals surface area (Å²) in [5.41, 5.74) is 6.51. The van der Waals surface area contributed by atoms with E-state index in [1.807, 2.05) is 26.0 Å². The lowest BCUT2D eigenvalue weighted by atomic mass is 10.3. The normalized spacial score (nSPS) is 10.0. The molecule has 94 valence electrons. The molecule has 0 aliphatic carbocycles. The van der Waals surface area contributed by atoms with Gasteiger partial charge in [-0.2, -0.15) is 0 Å². The molecule has 0 fully saturated rings. The summed E-state index contributed by atoms with van der Waals surface area (Å²) < 4.78 is 5.39. The van der Waals surface area contributed by atoms with Gasteiger partial charge in [-0.05, 0) is 32.0 Å². The molecule has 0 atom stereocenters. The zero-order valence-corrected chi connectivity index (χ0v) is 11.0. The standard InChI is InChI=1S/C12H18N2O2S/c1-3-14-12(15)8-17-11-7-9(16-4-2)5-6-10(11)13/h5-7H,3-4,8,13H2,1-2H3,(H,14,15). The number of nitrogen functional groups attached to an aromatic ring is 1. The monoisotopic (exact) mass is 254 g/mol. The van der Waals surface area contributed by atoms with Gasteiger partial charge in [0.2, 0.25) is 5.91 Å². The molecule has 0 heterocycles. The van der Waals surface area contributed by atoms with Gasteiger partial charge in [-0.3, -0.25) is 4.79 Å². The van der Waals surface area contributed by atoms with E-state index >= 15 is 0 Å². The number of nitrogens with two attached hydrogens (primary N) is 1. The smallest absolute Gasteiger partial charge is 0.230 e. The Morgan fingerprint density at radius 3 is 2.88 bits per heavy atom. The van der Waals surface area contributed by atoms with E-state index in [1.54, 1.807) is 6.07 Å². The molecule has 1 aromatic carbocycles. The van der Waals surface area contributed by atoms with Crippen molar-refractivity contribution in [2.75, 3.05) is 24.6 Å². The zero-order chi connectivity index (χ0) is 12.7. The molecule has 0 aliphatic rings. The highest BCUT2D eigenvalue weighted by atomic mass is 32.2. The first-order valence-corrected chi connectivity index (χ1v) is 6.57. The minimum absolute atomic E-state index is 0.0127. The van der Waals surface area contributed by atoms with Gasteiger partial charge in [-0.25, -0.2) is 0 Å². The Morgan fingerprint density at radius 2 is 2.24 bits per heavy atom. The molecule has 0 saturated heterocycles. The Kier molecular flexibility index (Phi) is 5.69. The number of ether oxygens (including phenoxy) is 1. The fourth-order valence-electron chi connectivity index (χ4n) is 1.29. The number of carbonyl (C=O) groups excluding carboxylic acids is 1. The molecule has 0 aromatic heterocycles. The lowest BCUT2D eigenvalue weighted by Crippen LogP contribution is -2.24. The van der Waals surface area contributed by atoms with E-state index in [-0.39, 0.29) is 5.91 Å². The number of hydrogen-bond acceptors (Lipinski definition) is 4. The first-order chi connectivity index (χ1) is 8.17. The van der Waals surface area contributed by atoms with E-state index in [0.29, 0.717) is 24.6 Å². The zero-order valence-electron chi connectivity index (χ0n) is 10.2. The Labute approximate surface area is 106 Å². The van der Waals surface area contributed by atoms with Crippen LogP contribution in [0.25, 0.3) is 0 Å². The minimum atomic E-state index is 0.0127. The first-order valence-electron chi connectivity index (χ1n) is 5.59. The van der Waals surface area contributed by atoms with Crippen LogP contribution in [0.1, 0.15) is 13.8 Å². The third kappa shape index (κ3) is 4.56. The van der Waals surface area contributed by atoms with Gasteiger partial charge in [0.15, 0.2) is 0 Å². The topological polar surface area (TPSA) is 64.3 Å². The van der Waals surface area contributed by atoms with Crippen LogP contribution in [0.4, 0.5) is 5.69 Å². The average molecular weight is 254 g/mol. The molecule has 0 aliphatic heterocycles. The molecule has 1 aromatic rings. The van der Waals surface area contributed by atoms with E-state index in [9.17, 15) is 4.79 Å². The number of carbonyl (C=O) groups is 1. The number of hydrogen-bond donors (Lipinski definition) is 2. The van der Waals surface area contributed by atoms with Gasteiger partial charge >= 0.3 is 0 Å².